The number of esters is 1. The van der Waals surface area contributed by atoms with Crippen LogP contribution in [0.25, 0.3) is 0 Å². The molecular weight excluding hydrogens is 1250 g/mol. The highest BCUT2D eigenvalue weighted by Gasteiger charge is 2.52. The number of primary amides is 1. The molecule has 0 radical (unpaired) electrons. The van der Waals surface area contributed by atoms with Gasteiger partial charge in [-0.25, -0.2) is 0 Å². The lowest BCUT2D eigenvalue weighted by atomic mass is 9.58. The second-order valence-electron chi connectivity index (χ2n) is 31.2. The van der Waals surface area contributed by atoms with Crippen LogP contribution in [0.4, 0.5) is 0 Å². The van der Waals surface area contributed by atoms with E-state index in [1.165, 1.54) is 73.2 Å². The predicted molar refractivity (Wildman–Crippen MR) is 408 cm³/mol. The first-order valence-corrected chi connectivity index (χ1v) is 36.1. The van der Waals surface area contributed by atoms with Crippen LogP contribution < -0.4 is 16.4 Å². The van der Waals surface area contributed by atoms with Crippen LogP contribution in [0.3, 0.4) is 0 Å². The number of fused-ring (bicyclic) bond motifs is 14. The number of rotatable bonds is 4. The molecule has 10 aromatic rings. The van der Waals surface area contributed by atoms with Crippen molar-refractivity contribution in [3.8, 4) is 12.1 Å². The van der Waals surface area contributed by atoms with E-state index in [1.54, 1.807) is 6.92 Å². The molecule has 0 bridgehead atoms. The smallest absolute Gasteiger partial charge is 0.308 e. The minimum absolute atomic E-state index is 0.0237. The molecule has 2 aliphatic heterocycles. The molecule has 0 unspecified atom stereocenters. The van der Waals surface area contributed by atoms with Gasteiger partial charge in [-0.1, -0.05) is 312 Å². The van der Waals surface area contributed by atoms with Gasteiger partial charge in [-0.2, -0.15) is 10.5 Å². The Balaban J connectivity index is 0.000000114. The largest absolute Gasteiger partial charge is 0.466 e. The normalized spacial score (nSPS) is 18.3. The van der Waals surface area contributed by atoms with Crippen LogP contribution in [0.1, 0.15) is 219 Å². The van der Waals surface area contributed by atoms with Gasteiger partial charge < -0.3 is 21.1 Å². The Hall–Kier alpha value is -10.5. The number of carbonyl (C=O) groups is 3. The summed E-state index contributed by atoms with van der Waals surface area (Å²) in [4.78, 5) is 36.2. The quantitative estimate of drug-likeness (QED) is 0.148. The maximum Gasteiger partial charge on any atom is 0.308 e. The molecule has 0 saturated carbocycles. The Kier molecular flexibility index (Phi) is 18.4. The van der Waals surface area contributed by atoms with Gasteiger partial charge in [0.25, 0.3) is 0 Å². The fraction of sp³-hybridized carbons (Fsp3) is 0.301. The van der Waals surface area contributed by atoms with Gasteiger partial charge in [0.1, 0.15) is 5.41 Å². The van der Waals surface area contributed by atoms with Crippen molar-refractivity contribution in [2.45, 2.75) is 151 Å². The van der Waals surface area contributed by atoms with Crippen molar-refractivity contribution in [2.24, 2.45) is 5.73 Å². The molecule has 9 nitrogen and oxygen atoms in total. The van der Waals surface area contributed by atoms with Crippen molar-refractivity contribution in [3.05, 3.63) is 354 Å². The van der Waals surface area contributed by atoms with Gasteiger partial charge in [-0.3, -0.25) is 14.4 Å². The summed E-state index contributed by atoms with van der Waals surface area (Å²) >= 11 is 0. The first-order valence-electron chi connectivity index (χ1n) is 36.1. The van der Waals surface area contributed by atoms with Crippen molar-refractivity contribution < 1.29 is 19.1 Å². The number of hydrogen-bond donors (Lipinski definition) is 3. The Labute approximate surface area is 603 Å². The van der Waals surface area contributed by atoms with Gasteiger partial charge in [0.15, 0.2) is 0 Å². The number of ether oxygens (including phenoxy) is 1. The molecule has 2 heterocycles. The van der Waals surface area contributed by atoms with Crippen LogP contribution in [0.15, 0.2) is 243 Å². The highest BCUT2D eigenvalue weighted by Crippen LogP contribution is 2.56. The zero-order valence-electron chi connectivity index (χ0n) is 60.8. The Bertz CT molecular complexity index is 4740. The average molecular weight is 1340 g/mol. The molecule has 5 aliphatic carbocycles. The zero-order valence-corrected chi connectivity index (χ0v) is 60.8. The molecule has 10 aromatic carbocycles. The third kappa shape index (κ3) is 11.4. The predicted octanol–water partition coefficient (Wildman–Crippen LogP) is 17.8. The fourth-order valence-electron chi connectivity index (χ4n) is 18.8. The van der Waals surface area contributed by atoms with Crippen LogP contribution in [-0.4, -0.2) is 44.0 Å². The van der Waals surface area contributed by atoms with Crippen molar-refractivity contribution >= 4 is 17.8 Å². The van der Waals surface area contributed by atoms with Crippen LogP contribution in [0, 0.1) is 22.7 Å². The van der Waals surface area contributed by atoms with Crippen LogP contribution in [-0.2, 0) is 62.4 Å². The number of benzene rings is 10. The van der Waals surface area contributed by atoms with Crippen molar-refractivity contribution in [2.75, 3.05) is 26.2 Å². The van der Waals surface area contributed by atoms with Gasteiger partial charge in [-0.15, -0.1) is 0 Å². The summed E-state index contributed by atoms with van der Waals surface area (Å²) in [6.45, 7) is 27.4. The molecule has 2 amide bonds. The maximum absolute atomic E-state index is 12.3. The minimum Gasteiger partial charge on any atom is -0.466 e. The SMILES string of the molecule is CC1(C)c2ccccc2C(C#N)c2ccccc21.CC1(C)c2ccccc2C(C(N)=O)c2ccccc21.CC1(C)c2ccccc2C2(CCNC2)c2ccccc21.CC1(C)c2ccccc2C2(CNC(=O)C2)c2ccccc21.CCOC(=O)CC1(C#N)c2ccccc2C(C)(C)c2ccccc21. The van der Waals surface area contributed by atoms with E-state index in [4.69, 9.17) is 10.5 Å². The van der Waals surface area contributed by atoms with Crippen LogP contribution >= 0.6 is 0 Å². The van der Waals surface area contributed by atoms with E-state index in [9.17, 15) is 24.9 Å². The number of nitrogens with two attached hydrogens (primary N) is 1. The highest BCUT2D eigenvalue weighted by atomic mass is 16.5. The lowest BCUT2D eigenvalue weighted by Crippen LogP contribution is -2.41. The summed E-state index contributed by atoms with van der Waals surface area (Å²) in [7, 11) is 0. The van der Waals surface area contributed by atoms with Crippen molar-refractivity contribution in [3.63, 3.8) is 0 Å². The monoisotopic (exact) mass is 1340 g/mol. The maximum atomic E-state index is 12.3. The van der Waals surface area contributed by atoms with E-state index in [0.29, 0.717) is 19.6 Å². The van der Waals surface area contributed by atoms with Gasteiger partial charge in [0.05, 0.1) is 37.0 Å². The molecule has 2 spiro atoms. The van der Waals surface area contributed by atoms with Gasteiger partial charge in [-0.05, 0) is 131 Å². The summed E-state index contributed by atoms with van der Waals surface area (Å²) in [5, 5.41) is 26.3. The van der Waals surface area contributed by atoms with E-state index in [2.05, 4.69) is 250 Å². The first kappa shape index (κ1) is 70.0. The second-order valence-corrected chi connectivity index (χ2v) is 31.2. The minimum atomic E-state index is -1.00. The summed E-state index contributed by atoms with van der Waals surface area (Å²) in [5.74, 6) is -0.941. The van der Waals surface area contributed by atoms with Gasteiger partial charge in [0, 0.05) is 57.4 Å². The number of nitrogens with one attached hydrogen (secondary N) is 2. The third-order valence-corrected chi connectivity index (χ3v) is 23.9. The first-order chi connectivity index (χ1) is 48.9. The molecule has 0 aromatic heterocycles. The molecular formula is C93H93N5O4. The van der Waals surface area contributed by atoms with E-state index in [1.807, 2.05) is 84.9 Å². The Morgan fingerprint density at radius 3 is 1.02 bits per heavy atom. The molecule has 2 fully saturated rings. The average Bonchev–Trinajstić information content (AvgIpc) is 1.16. The third-order valence-electron chi connectivity index (χ3n) is 23.9. The lowest BCUT2D eigenvalue weighted by molar-refractivity contribution is -0.144. The zero-order chi connectivity index (χ0) is 72.2. The van der Waals surface area contributed by atoms with Gasteiger partial charge >= 0.3 is 5.97 Å². The van der Waals surface area contributed by atoms with Crippen molar-refractivity contribution in [1.82, 2.24) is 10.6 Å². The molecule has 102 heavy (non-hydrogen) atoms. The molecule has 0 atom stereocenters. The lowest BCUT2D eigenvalue weighted by Gasteiger charge is -2.45. The molecule has 7 aliphatic rings. The number of hydrogen-bond acceptors (Lipinski definition) is 7. The summed E-state index contributed by atoms with van der Waals surface area (Å²) in [5.41, 5.74) is 29.1. The summed E-state index contributed by atoms with van der Waals surface area (Å²) < 4.78 is 5.16. The van der Waals surface area contributed by atoms with E-state index < -0.39 is 5.41 Å². The molecule has 9 heteroatoms. The molecule has 514 valence electrons. The van der Waals surface area contributed by atoms with E-state index in [-0.39, 0.29) is 73.9 Å². The van der Waals surface area contributed by atoms with E-state index in [0.717, 1.165) is 57.6 Å². The second kappa shape index (κ2) is 26.8. The highest BCUT2D eigenvalue weighted by molar-refractivity contribution is 5.88. The number of amides is 2. The van der Waals surface area contributed by atoms with Crippen LogP contribution in [0.5, 0.6) is 0 Å². The number of carbonyl (C=O) groups excluding carboxylic acids is 3. The van der Waals surface area contributed by atoms with Crippen LogP contribution in [0.2, 0.25) is 0 Å². The summed E-state index contributed by atoms with van der Waals surface area (Å²) in [6, 6.07) is 89.0. The van der Waals surface area contributed by atoms with E-state index >= 15 is 0 Å². The Morgan fingerprint density at radius 1 is 0.422 bits per heavy atom. The van der Waals surface area contributed by atoms with Gasteiger partial charge in [0.2, 0.25) is 11.8 Å². The summed E-state index contributed by atoms with van der Waals surface area (Å²) in [6.07, 6.45) is 1.79. The standard InChI is InChI=1S/C21H21NO2.C19H19NO.C19H21N.C17H17NO.C17H15N/c1-4-24-19(23)13-21(14-22)17-11-7-5-9-15(17)20(2,3)16-10-6-8-12-18(16)21;1-18(2)13-7-3-5-9-15(13)19(11-17(21)20-12-19)16-10-6-4-8-14(16)18;1-18(2)14-7-3-5-9-16(14)19(11-12-20-13-19)17-10-6-4-8-15(17)18;1-17(2)13-9-5-3-7-11(13)15(16(18)19)12-8-4-6-10-14(12)17;1-17(2)15-9-5-3-7-12(15)14(11-18)13-8-4-6-10-16(13)17/h5-12H,4,13H2,1-3H3;3-10H,11-12H2,1-2H3,(H,20,21);3-10,20H,11-13H2,1-2H3;3-10,15H,1-2H3,(H2,18,19);3-10,14H,1-2H3. The molecule has 4 N–H and O–H groups in total. The fourth-order valence-corrected chi connectivity index (χ4v) is 18.8. The molecule has 2 saturated heterocycles. The molecule has 17 rings (SSSR count). The number of nitrogens with zero attached hydrogens (tertiary/aromatic N) is 2. The topological polar surface area (TPSA) is 158 Å². The Morgan fingerprint density at radius 2 is 0.716 bits per heavy atom. The number of nitriles is 2. The van der Waals surface area contributed by atoms with Crippen molar-refractivity contribution in [1.29, 1.82) is 10.5 Å².